The Labute approximate surface area is 161 Å². The Bertz CT molecular complexity index is 997. The Kier molecular flexibility index (Phi) is 5.14. The molecule has 2 N–H and O–H groups in total. The summed E-state index contributed by atoms with van der Waals surface area (Å²) in [7, 11) is 0. The van der Waals surface area contributed by atoms with Crippen LogP contribution < -0.4 is 14.8 Å². The normalized spacial score (nSPS) is 15.2. The summed E-state index contributed by atoms with van der Waals surface area (Å²) in [5, 5.41) is 3.67. The van der Waals surface area contributed by atoms with Gasteiger partial charge in [0.2, 0.25) is 0 Å². The molecule has 1 amide bonds. The number of carbonyl (C=O) groups is 2. The molecule has 4 rings (SSSR count). The third kappa shape index (κ3) is 4.09. The summed E-state index contributed by atoms with van der Waals surface area (Å²) in [5.41, 5.74) is 1.80. The van der Waals surface area contributed by atoms with Gasteiger partial charge in [0.15, 0.2) is 18.1 Å². The lowest BCUT2D eigenvalue weighted by Crippen LogP contribution is -2.42. The predicted molar refractivity (Wildman–Crippen MR) is 102 cm³/mol. The fourth-order valence-electron chi connectivity index (χ4n) is 3.07. The second-order valence-corrected chi connectivity index (χ2v) is 6.50. The van der Waals surface area contributed by atoms with E-state index in [0.29, 0.717) is 18.1 Å². The zero-order chi connectivity index (χ0) is 19.3. The molecule has 0 bridgehead atoms. The van der Waals surface area contributed by atoms with Gasteiger partial charge in [-0.3, -0.25) is 9.59 Å². The molecule has 0 spiro atoms. The van der Waals surface area contributed by atoms with Crippen molar-refractivity contribution in [3.05, 3.63) is 60.3 Å². The minimum atomic E-state index is -0.453. The van der Waals surface area contributed by atoms with Crippen LogP contribution in [0, 0.1) is 0 Å². The number of para-hydroxylation sites is 3. The smallest absolute Gasteiger partial charge is 0.310 e. The Hall–Kier alpha value is -3.48. The fraction of sp³-hybridized carbons (Fsp3) is 0.238. The molecule has 0 radical (unpaired) electrons. The van der Waals surface area contributed by atoms with Gasteiger partial charge in [0.1, 0.15) is 12.7 Å². The van der Waals surface area contributed by atoms with Crippen LogP contribution in [0.2, 0.25) is 0 Å². The number of hydrogen-bond donors (Lipinski definition) is 2. The number of aromatic nitrogens is 1. The van der Waals surface area contributed by atoms with Crippen LogP contribution in [0.1, 0.15) is 5.56 Å². The largest absolute Gasteiger partial charge is 0.486 e. The number of H-pyrrole nitrogens is 1. The third-order valence-electron chi connectivity index (χ3n) is 4.47. The van der Waals surface area contributed by atoms with E-state index in [2.05, 4.69) is 10.3 Å². The number of amides is 1. The summed E-state index contributed by atoms with van der Waals surface area (Å²) in [6, 6.07) is 15.1. The van der Waals surface area contributed by atoms with Gasteiger partial charge in [0.25, 0.3) is 5.91 Å². The standard InChI is InChI=1S/C21H20N2O5/c24-20(23-11-15-12-26-18-7-3-4-8-19(18)28-15)13-27-21(25)9-14-10-22-17-6-2-1-5-16(14)17/h1-8,10,15,22H,9,11-13H2,(H,23,24)/t15-/m1/s1. The van der Waals surface area contributed by atoms with Crippen molar-refractivity contribution in [3.63, 3.8) is 0 Å². The average molecular weight is 380 g/mol. The monoisotopic (exact) mass is 380 g/mol. The van der Waals surface area contributed by atoms with Gasteiger partial charge < -0.3 is 24.5 Å². The van der Waals surface area contributed by atoms with Gasteiger partial charge in [-0.1, -0.05) is 30.3 Å². The maximum atomic E-state index is 12.0. The van der Waals surface area contributed by atoms with E-state index < -0.39 is 5.97 Å². The van der Waals surface area contributed by atoms with E-state index in [1.165, 1.54) is 0 Å². The molecule has 0 aliphatic carbocycles. The number of hydrogen-bond acceptors (Lipinski definition) is 5. The van der Waals surface area contributed by atoms with Crippen molar-refractivity contribution < 1.29 is 23.8 Å². The van der Waals surface area contributed by atoms with E-state index in [-0.39, 0.29) is 31.6 Å². The van der Waals surface area contributed by atoms with Crippen LogP contribution in [-0.4, -0.2) is 42.7 Å². The molecule has 1 aromatic heterocycles. The number of carbonyl (C=O) groups excluding carboxylic acids is 2. The molecule has 144 valence electrons. The van der Waals surface area contributed by atoms with Crippen LogP contribution in [-0.2, 0) is 20.7 Å². The summed E-state index contributed by atoms with van der Waals surface area (Å²) in [4.78, 5) is 27.1. The predicted octanol–water partition coefficient (Wildman–Crippen LogP) is 2.21. The first kappa shape index (κ1) is 17.9. The van der Waals surface area contributed by atoms with E-state index in [1.54, 1.807) is 6.20 Å². The number of benzene rings is 2. The Morgan fingerprint density at radius 1 is 1.11 bits per heavy atom. The summed E-state index contributed by atoms with van der Waals surface area (Å²) >= 11 is 0. The SMILES string of the molecule is O=C(COC(=O)Cc1c[nH]c2ccccc12)NC[C@@H]1COc2ccccc2O1. The molecular formula is C21H20N2O5. The Balaban J connectivity index is 1.21. The zero-order valence-corrected chi connectivity index (χ0v) is 15.1. The van der Waals surface area contributed by atoms with Crippen molar-refractivity contribution in [1.82, 2.24) is 10.3 Å². The number of esters is 1. The molecule has 2 heterocycles. The first-order valence-corrected chi connectivity index (χ1v) is 9.05. The van der Waals surface area contributed by atoms with Crippen molar-refractivity contribution in [2.24, 2.45) is 0 Å². The summed E-state index contributed by atoms with van der Waals surface area (Å²) in [6.07, 6.45) is 1.60. The van der Waals surface area contributed by atoms with Gasteiger partial charge in [-0.25, -0.2) is 0 Å². The molecule has 28 heavy (non-hydrogen) atoms. The van der Waals surface area contributed by atoms with Crippen molar-refractivity contribution in [2.45, 2.75) is 12.5 Å². The molecule has 0 unspecified atom stereocenters. The average Bonchev–Trinajstić information content (AvgIpc) is 3.13. The van der Waals surface area contributed by atoms with Gasteiger partial charge in [-0.15, -0.1) is 0 Å². The highest BCUT2D eigenvalue weighted by atomic mass is 16.6. The van der Waals surface area contributed by atoms with Crippen LogP contribution in [0.25, 0.3) is 10.9 Å². The van der Waals surface area contributed by atoms with Crippen LogP contribution in [0.5, 0.6) is 11.5 Å². The number of fused-ring (bicyclic) bond motifs is 2. The topological polar surface area (TPSA) is 89.7 Å². The molecule has 1 atom stereocenters. The lowest BCUT2D eigenvalue weighted by atomic mass is 10.1. The number of aromatic amines is 1. The second-order valence-electron chi connectivity index (χ2n) is 6.50. The maximum absolute atomic E-state index is 12.0. The highest BCUT2D eigenvalue weighted by Crippen LogP contribution is 2.30. The lowest BCUT2D eigenvalue weighted by Gasteiger charge is -2.26. The first-order valence-electron chi connectivity index (χ1n) is 9.05. The number of rotatable bonds is 6. The van der Waals surface area contributed by atoms with Gasteiger partial charge in [0, 0.05) is 17.1 Å². The van der Waals surface area contributed by atoms with Gasteiger partial charge in [0.05, 0.1) is 13.0 Å². The highest BCUT2D eigenvalue weighted by Gasteiger charge is 2.21. The van der Waals surface area contributed by atoms with Crippen molar-refractivity contribution in [2.75, 3.05) is 19.8 Å². The molecule has 0 saturated carbocycles. The minimum Gasteiger partial charge on any atom is -0.486 e. The van der Waals surface area contributed by atoms with E-state index in [1.807, 2.05) is 48.5 Å². The highest BCUT2D eigenvalue weighted by molar-refractivity contribution is 5.88. The molecule has 0 saturated heterocycles. The van der Waals surface area contributed by atoms with E-state index >= 15 is 0 Å². The van der Waals surface area contributed by atoms with Crippen molar-refractivity contribution in [3.8, 4) is 11.5 Å². The van der Waals surface area contributed by atoms with Crippen LogP contribution >= 0.6 is 0 Å². The quantitative estimate of drug-likeness (QED) is 0.640. The minimum absolute atomic E-state index is 0.105. The fourth-order valence-corrected chi connectivity index (χ4v) is 3.07. The molecule has 3 aromatic rings. The van der Waals surface area contributed by atoms with Crippen LogP contribution in [0.15, 0.2) is 54.7 Å². The molecule has 1 aliphatic heterocycles. The molecule has 7 heteroatoms. The van der Waals surface area contributed by atoms with Gasteiger partial charge in [-0.2, -0.15) is 0 Å². The van der Waals surface area contributed by atoms with Gasteiger partial charge >= 0.3 is 5.97 Å². The first-order chi connectivity index (χ1) is 13.7. The van der Waals surface area contributed by atoms with Crippen molar-refractivity contribution >= 4 is 22.8 Å². The summed E-state index contributed by atoms with van der Waals surface area (Å²) < 4.78 is 16.4. The zero-order valence-electron chi connectivity index (χ0n) is 15.1. The van der Waals surface area contributed by atoms with Crippen LogP contribution in [0.4, 0.5) is 0 Å². The summed E-state index contributed by atoms with van der Waals surface area (Å²) in [5.74, 6) is 0.509. The number of nitrogens with one attached hydrogen (secondary N) is 2. The third-order valence-corrected chi connectivity index (χ3v) is 4.47. The Morgan fingerprint density at radius 2 is 1.89 bits per heavy atom. The van der Waals surface area contributed by atoms with Crippen molar-refractivity contribution in [1.29, 1.82) is 0 Å². The Morgan fingerprint density at radius 3 is 2.79 bits per heavy atom. The second kappa shape index (κ2) is 8.04. The van der Waals surface area contributed by atoms with Gasteiger partial charge in [-0.05, 0) is 23.8 Å². The van der Waals surface area contributed by atoms with E-state index in [9.17, 15) is 9.59 Å². The number of ether oxygens (including phenoxy) is 3. The maximum Gasteiger partial charge on any atom is 0.310 e. The molecule has 0 fully saturated rings. The molecule has 2 aromatic carbocycles. The lowest BCUT2D eigenvalue weighted by molar-refractivity contribution is -0.148. The molecular weight excluding hydrogens is 360 g/mol. The summed E-state index contributed by atoms with van der Waals surface area (Å²) in [6.45, 7) is 0.288. The molecule has 1 aliphatic rings. The molecule has 7 nitrogen and oxygen atoms in total. The van der Waals surface area contributed by atoms with E-state index in [4.69, 9.17) is 14.2 Å². The van der Waals surface area contributed by atoms with Crippen LogP contribution in [0.3, 0.4) is 0 Å². The van der Waals surface area contributed by atoms with E-state index in [0.717, 1.165) is 16.5 Å².